The van der Waals surface area contributed by atoms with Gasteiger partial charge in [-0.1, -0.05) is 218 Å². The minimum absolute atomic E-state index is 0.224. The van der Waals surface area contributed by atoms with Gasteiger partial charge in [-0.2, -0.15) is 0 Å². The van der Waals surface area contributed by atoms with Crippen LogP contribution in [0.4, 0.5) is 0 Å². The molecule has 412 valence electrons. The SMILES string of the molecule is CCCCCCCCCCCCCCCCC(O)COc1ccc(CC(=O)OCCCN2CCN(CCCOC(=O)Cc3ccc(OCC(O)CCCCCCCCCCCCCCCC)cc3)CC2)cc1. The first-order valence-electron chi connectivity index (χ1n) is 29.9. The van der Waals surface area contributed by atoms with E-state index in [9.17, 15) is 19.8 Å². The quantitative estimate of drug-likeness (QED) is 0.0490. The molecule has 10 heteroatoms. The molecule has 0 aliphatic carbocycles. The molecule has 0 aromatic heterocycles. The van der Waals surface area contributed by atoms with Gasteiger partial charge < -0.3 is 39.0 Å². The monoisotopic (exact) mass is 1010 g/mol. The van der Waals surface area contributed by atoms with Gasteiger partial charge >= 0.3 is 11.9 Å². The van der Waals surface area contributed by atoms with E-state index in [1.807, 2.05) is 48.5 Å². The van der Waals surface area contributed by atoms with Crippen LogP contribution in [-0.2, 0) is 31.9 Å². The van der Waals surface area contributed by atoms with E-state index in [2.05, 4.69) is 23.6 Å². The smallest absolute Gasteiger partial charge is 0.310 e. The highest BCUT2D eigenvalue weighted by molar-refractivity contribution is 5.73. The van der Waals surface area contributed by atoms with Gasteiger partial charge in [0, 0.05) is 39.3 Å². The molecule has 0 saturated carbocycles. The van der Waals surface area contributed by atoms with Gasteiger partial charge in [-0.05, 0) is 61.1 Å². The molecule has 2 aromatic carbocycles. The van der Waals surface area contributed by atoms with E-state index in [0.29, 0.717) is 24.7 Å². The van der Waals surface area contributed by atoms with E-state index in [1.54, 1.807) is 0 Å². The van der Waals surface area contributed by atoms with E-state index in [1.165, 1.54) is 167 Å². The second-order valence-electron chi connectivity index (χ2n) is 21.2. The summed E-state index contributed by atoms with van der Waals surface area (Å²) in [4.78, 5) is 29.9. The fraction of sp³-hybridized carbons (Fsp3) is 0.774. The van der Waals surface area contributed by atoms with Gasteiger partial charge in [0.25, 0.3) is 0 Å². The van der Waals surface area contributed by atoms with Gasteiger partial charge in [-0.25, -0.2) is 0 Å². The van der Waals surface area contributed by atoms with Crippen molar-refractivity contribution in [2.45, 2.75) is 244 Å². The summed E-state index contributed by atoms with van der Waals surface area (Å²) in [5.74, 6) is 0.957. The number of aliphatic hydroxyl groups excluding tert-OH is 2. The maximum absolute atomic E-state index is 12.5. The highest BCUT2D eigenvalue weighted by atomic mass is 16.5. The summed E-state index contributed by atoms with van der Waals surface area (Å²) < 4.78 is 22.8. The fourth-order valence-electron chi connectivity index (χ4n) is 9.73. The Balaban J connectivity index is 1.08. The van der Waals surface area contributed by atoms with Gasteiger partial charge in [0.2, 0.25) is 0 Å². The van der Waals surface area contributed by atoms with Crippen molar-refractivity contribution >= 4 is 11.9 Å². The summed E-state index contributed by atoms with van der Waals surface area (Å²) in [5, 5.41) is 20.8. The maximum atomic E-state index is 12.5. The normalized spacial score (nSPS) is 14.1. The van der Waals surface area contributed by atoms with Crippen LogP contribution in [0, 0.1) is 0 Å². The number of piperazine rings is 1. The van der Waals surface area contributed by atoms with Crippen molar-refractivity contribution in [2.75, 3.05) is 65.7 Å². The third-order valence-electron chi connectivity index (χ3n) is 14.4. The standard InChI is InChI=1S/C62H106N2O8/c1-3-5-7-9-11-13-15-17-19-21-23-25-27-29-33-57(65)53-71-59-39-35-55(36-40-59)51-61(67)69-49-31-43-63-45-47-64(48-46-63)44-32-50-70-62(68)52-56-37-41-60(42-38-56)72-54-58(66)34-30-28-26-24-22-20-18-16-14-12-10-8-6-4-2/h35-42,57-58,65-66H,3-34,43-54H2,1-2H3. The van der Waals surface area contributed by atoms with E-state index >= 15 is 0 Å². The molecule has 1 fully saturated rings. The lowest BCUT2D eigenvalue weighted by atomic mass is 10.0. The van der Waals surface area contributed by atoms with Gasteiger partial charge in [0.05, 0.1) is 38.3 Å². The largest absolute Gasteiger partial charge is 0.491 e. The van der Waals surface area contributed by atoms with Gasteiger partial charge in [0.15, 0.2) is 0 Å². The molecule has 3 rings (SSSR count). The van der Waals surface area contributed by atoms with Crippen LogP contribution in [0.5, 0.6) is 11.5 Å². The average molecular weight is 1010 g/mol. The number of benzene rings is 2. The number of unbranched alkanes of at least 4 members (excludes halogenated alkanes) is 26. The lowest BCUT2D eigenvalue weighted by molar-refractivity contribution is -0.144. The minimum atomic E-state index is -0.464. The molecule has 72 heavy (non-hydrogen) atoms. The minimum Gasteiger partial charge on any atom is -0.491 e. The molecule has 0 amide bonds. The van der Waals surface area contributed by atoms with Crippen molar-refractivity contribution in [3.8, 4) is 11.5 Å². The average Bonchev–Trinajstić information content (AvgIpc) is 3.39. The highest BCUT2D eigenvalue weighted by Crippen LogP contribution is 2.19. The summed E-state index contributed by atoms with van der Waals surface area (Å²) in [6.07, 6.45) is 39.8. The number of carbonyl (C=O) groups excluding carboxylic acids is 2. The molecule has 0 radical (unpaired) electrons. The summed E-state index contributed by atoms with van der Waals surface area (Å²) >= 11 is 0. The molecule has 10 nitrogen and oxygen atoms in total. The molecule has 1 aliphatic heterocycles. The summed E-state index contributed by atoms with van der Waals surface area (Å²) in [6.45, 7) is 11.6. The summed E-state index contributed by atoms with van der Waals surface area (Å²) in [6, 6.07) is 15.0. The van der Waals surface area contributed by atoms with Crippen LogP contribution >= 0.6 is 0 Å². The van der Waals surface area contributed by atoms with Crippen LogP contribution in [0.3, 0.4) is 0 Å². The van der Waals surface area contributed by atoms with Crippen LogP contribution in [-0.4, -0.2) is 110 Å². The van der Waals surface area contributed by atoms with Crippen molar-refractivity contribution in [2.24, 2.45) is 0 Å². The lowest BCUT2D eigenvalue weighted by Gasteiger charge is -2.34. The predicted octanol–water partition coefficient (Wildman–Crippen LogP) is 14.2. The van der Waals surface area contributed by atoms with E-state index in [-0.39, 0.29) is 38.0 Å². The molecule has 1 aliphatic rings. The van der Waals surface area contributed by atoms with E-state index in [4.69, 9.17) is 18.9 Å². The molecule has 2 unspecified atom stereocenters. The first-order chi connectivity index (χ1) is 35.3. The number of hydrogen-bond donors (Lipinski definition) is 2. The Morgan fingerprint density at radius 3 is 0.986 bits per heavy atom. The van der Waals surface area contributed by atoms with Gasteiger partial charge in [0.1, 0.15) is 24.7 Å². The predicted molar refractivity (Wildman–Crippen MR) is 297 cm³/mol. The maximum Gasteiger partial charge on any atom is 0.310 e. The molecular formula is C62H106N2O8. The Hall–Kier alpha value is -3.18. The lowest BCUT2D eigenvalue weighted by Crippen LogP contribution is -2.47. The number of rotatable bonds is 48. The Kier molecular flexibility index (Phi) is 38.7. The molecule has 0 spiro atoms. The Morgan fingerprint density at radius 1 is 0.417 bits per heavy atom. The zero-order valence-electron chi connectivity index (χ0n) is 46.1. The molecular weight excluding hydrogens is 901 g/mol. The van der Waals surface area contributed by atoms with Crippen LogP contribution in [0.1, 0.15) is 230 Å². The number of carbonyl (C=O) groups is 2. The number of hydrogen-bond acceptors (Lipinski definition) is 10. The fourth-order valence-corrected chi connectivity index (χ4v) is 9.73. The molecule has 2 atom stereocenters. The van der Waals surface area contributed by atoms with Crippen LogP contribution in [0.2, 0.25) is 0 Å². The van der Waals surface area contributed by atoms with E-state index < -0.39 is 12.2 Å². The second-order valence-corrected chi connectivity index (χ2v) is 21.2. The van der Waals surface area contributed by atoms with Crippen molar-refractivity contribution in [1.82, 2.24) is 9.80 Å². The first-order valence-corrected chi connectivity index (χ1v) is 29.9. The summed E-state index contributed by atoms with van der Waals surface area (Å²) in [5.41, 5.74) is 1.77. The Labute approximate surface area is 440 Å². The highest BCUT2D eigenvalue weighted by Gasteiger charge is 2.17. The van der Waals surface area contributed by atoms with Gasteiger partial charge in [-0.15, -0.1) is 0 Å². The van der Waals surface area contributed by atoms with Crippen molar-refractivity contribution in [1.29, 1.82) is 0 Å². The topological polar surface area (TPSA) is 118 Å². The zero-order chi connectivity index (χ0) is 51.4. The number of esters is 2. The number of aliphatic hydroxyl groups is 2. The molecule has 0 bridgehead atoms. The van der Waals surface area contributed by atoms with Crippen molar-refractivity contribution in [3.63, 3.8) is 0 Å². The zero-order valence-corrected chi connectivity index (χ0v) is 46.1. The second kappa shape index (κ2) is 44.1. The van der Waals surface area contributed by atoms with Gasteiger partial charge in [-0.3, -0.25) is 9.59 Å². The summed E-state index contributed by atoms with van der Waals surface area (Å²) in [7, 11) is 0. The van der Waals surface area contributed by atoms with Crippen molar-refractivity contribution < 1.29 is 38.7 Å². The number of nitrogens with zero attached hydrogens (tertiary/aromatic N) is 2. The van der Waals surface area contributed by atoms with Crippen LogP contribution in [0.15, 0.2) is 48.5 Å². The Bertz CT molecular complexity index is 1430. The third kappa shape index (κ3) is 35.1. The van der Waals surface area contributed by atoms with Crippen LogP contribution < -0.4 is 9.47 Å². The molecule has 2 aromatic rings. The first kappa shape index (κ1) is 63.1. The Morgan fingerprint density at radius 2 is 0.694 bits per heavy atom. The third-order valence-corrected chi connectivity index (χ3v) is 14.4. The molecule has 1 saturated heterocycles. The van der Waals surface area contributed by atoms with Crippen molar-refractivity contribution in [3.05, 3.63) is 59.7 Å². The number of ether oxygens (including phenoxy) is 4. The molecule has 1 heterocycles. The van der Waals surface area contributed by atoms with Crippen LogP contribution in [0.25, 0.3) is 0 Å². The molecule has 2 N–H and O–H groups in total. The van der Waals surface area contributed by atoms with E-state index in [0.717, 1.165) is 88.9 Å².